The Morgan fingerprint density at radius 1 is 1.00 bits per heavy atom. The maximum absolute atomic E-state index is 2.41. The van der Waals surface area contributed by atoms with Crippen molar-refractivity contribution in [1.82, 2.24) is 9.62 Å². The molecule has 10 heavy (non-hydrogen) atoms. The van der Waals surface area contributed by atoms with E-state index in [0.29, 0.717) is 6.98 Å². The van der Waals surface area contributed by atoms with Gasteiger partial charge >= 0.3 is 6.98 Å². The molecule has 3 heteroatoms. The Morgan fingerprint density at radius 2 is 1.40 bits per heavy atom. The molecular formula is C7H17BN2. The van der Waals surface area contributed by atoms with Gasteiger partial charge in [-0.15, -0.1) is 0 Å². The highest BCUT2D eigenvalue weighted by atomic mass is 15.2. The first kappa shape index (κ1) is 8.09. The lowest BCUT2D eigenvalue weighted by Gasteiger charge is -2.25. The van der Waals surface area contributed by atoms with Crippen molar-refractivity contribution in [2.75, 3.05) is 27.2 Å². The third-order valence-electron chi connectivity index (χ3n) is 2.55. The molecule has 0 N–H and O–H groups in total. The molecule has 0 spiro atoms. The maximum atomic E-state index is 2.41. The molecule has 0 aromatic rings. The fourth-order valence-electron chi connectivity index (χ4n) is 1.43. The second-order valence-corrected chi connectivity index (χ2v) is 3.30. The summed E-state index contributed by atoms with van der Waals surface area (Å²) in [5.74, 6) is 0. The molecule has 1 rings (SSSR count). The zero-order valence-electron chi connectivity index (χ0n) is 7.30. The van der Waals surface area contributed by atoms with Crippen LogP contribution in [-0.4, -0.2) is 43.8 Å². The standard InChI is InChI=1S/C7H17BN2/c1-8-9(2)6-4-5-7-10(8)3/h4-7H2,1-3H3. The summed E-state index contributed by atoms with van der Waals surface area (Å²) in [6.07, 6.45) is 2.70. The molecule has 0 aromatic carbocycles. The van der Waals surface area contributed by atoms with Crippen LogP contribution in [0, 0.1) is 0 Å². The zero-order chi connectivity index (χ0) is 7.56. The summed E-state index contributed by atoms with van der Waals surface area (Å²) in [5.41, 5.74) is 0. The molecule has 0 saturated carbocycles. The SMILES string of the molecule is CB1N(C)CCCCN1C. The van der Waals surface area contributed by atoms with Crippen molar-refractivity contribution in [3.05, 3.63) is 0 Å². The molecule has 0 atom stereocenters. The van der Waals surface area contributed by atoms with Gasteiger partial charge in [-0.2, -0.15) is 0 Å². The van der Waals surface area contributed by atoms with Crippen LogP contribution < -0.4 is 0 Å². The highest BCUT2D eigenvalue weighted by molar-refractivity contribution is 6.50. The summed E-state index contributed by atoms with van der Waals surface area (Å²) < 4.78 is 0. The van der Waals surface area contributed by atoms with Gasteiger partial charge < -0.3 is 9.62 Å². The third kappa shape index (κ3) is 1.73. The molecule has 2 nitrogen and oxygen atoms in total. The van der Waals surface area contributed by atoms with E-state index in [9.17, 15) is 0 Å². The Kier molecular flexibility index (Phi) is 2.75. The lowest BCUT2D eigenvalue weighted by molar-refractivity contribution is 0.474. The van der Waals surface area contributed by atoms with Crippen LogP contribution in [0.5, 0.6) is 0 Å². The average Bonchev–Trinajstić information content (AvgIpc) is 2.04. The first-order valence-electron chi connectivity index (χ1n) is 4.12. The van der Waals surface area contributed by atoms with E-state index in [-0.39, 0.29) is 0 Å². The van der Waals surface area contributed by atoms with E-state index in [1.807, 2.05) is 0 Å². The van der Waals surface area contributed by atoms with Crippen LogP contribution in [0.1, 0.15) is 12.8 Å². The lowest BCUT2D eigenvalue weighted by atomic mass is 9.76. The second kappa shape index (κ2) is 3.40. The van der Waals surface area contributed by atoms with E-state index in [1.54, 1.807) is 0 Å². The average molecular weight is 140 g/mol. The summed E-state index contributed by atoms with van der Waals surface area (Å²) in [6, 6.07) is 0. The fourth-order valence-corrected chi connectivity index (χ4v) is 1.43. The quantitative estimate of drug-likeness (QED) is 0.458. The minimum atomic E-state index is 0.627. The highest BCUT2D eigenvalue weighted by Crippen LogP contribution is 2.06. The van der Waals surface area contributed by atoms with Gasteiger partial charge in [-0.3, -0.25) is 0 Å². The van der Waals surface area contributed by atoms with Gasteiger partial charge in [0.15, 0.2) is 0 Å². The molecule has 1 aliphatic heterocycles. The highest BCUT2D eigenvalue weighted by Gasteiger charge is 2.21. The van der Waals surface area contributed by atoms with E-state index >= 15 is 0 Å². The van der Waals surface area contributed by atoms with Gasteiger partial charge in [-0.25, -0.2) is 0 Å². The van der Waals surface area contributed by atoms with Crippen molar-refractivity contribution in [3.8, 4) is 0 Å². The molecule has 0 amide bonds. The Balaban J connectivity index is 2.46. The molecule has 1 fully saturated rings. The van der Waals surface area contributed by atoms with E-state index < -0.39 is 0 Å². The Bertz CT molecular complexity index is 95.8. The molecule has 0 radical (unpaired) electrons. The molecule has 0 aromatic heterocycles. The van der Waals surface area contributed by atoms with E-state index in [1.165, 1.54) is 25.9 Å². The monoisotopic (exact) mass is 140 g/mol. The summed E-state index contributed by atoms with van der Waals surface area (Å²) in [7, 11) is 4.40. The number of rotatable bonds is 0. The van der Waals surface area contributed by atoms with Crippen molar-refractivity contribution < 1.29 is 0 Å². The van der Waals surface area contributed by atoms with Crippen molar-refractivity contribution in [1.29, 1.82) is 0 Å². The van der Waals surface area contributed by atoms with Gasteiger partial charge in [0.05, 0.1) is 0 Å². The number of nitrogens with zero attached hydrogens (tertiary/aromatic N) is 2. The van der Waals surface area contributed by atoms with Gasteiger partial charge in [0, 0.05) is 0 Å². The van der Waals surface area contributed by atoms with Crippen LogP contribution in [0.2, 0.25) is 6.82 Å². The topological polar surface area (TPSA) is 6.48 Å². The summed E-state index contributed by atoms with van der Waals surface area (Å²) >= 11 is 0. The van der Waals surface area contributed by atoms with Crippen molar-refractivity contribution >= 4 is 6.98 Å². The lowest BCUT2D eigenvalue weighted by Crippen LogP contribution is -2.45. The summed E-state index contributed by atoms with van der Waals surface area (Å²) in [6.45, 7) is 5.41. The van der Waals surface area contributed by atoms with Crippen LogP contribution in [0.15, 0.2) is 0 Å². The first-order valence-corrected chi connectivity index (χ1v) is 4.12. The molecule has 1 aliphatic rings. The largest absolute Gasteiger partial charge is 0.331 e. The summed E-state index contributed by atoms with van der Waals surface area (Å²) in [5, 5.41) is 0. The Morgan fingerprint density at radius 3 is 1.80 bits per heavy atom. The third-order valence-corrected chi connectivity index (χ3v) is 2.55. The van der Waals surface area contributed by atoms with Gasteiger partial charge in [-0.05, 0) is 40.0 Å². The molecule has 0 aliphatic carbocycles. The van der Waals surface area contributed by atoms with E-state index in [4.69, 9.17) is 0 Å². The number of hydrogen-bond donors (Lipinski definition) is 0. The van der Waals surface area contributed by atoms with Gasteiger partial charge in [-0.1, -0.05) is 6.82 Å². The van der Waals surface area contributed by atoms with Crippen molar-refractivity contribution in [2.45, 2.75) is 19.7 Å². The number of hydrogen-bond acceptors (Lipinski definition) is 2. The minimum absolute atomic E-state index is 0.627. The first-order chi connectivity index (χ1) is 4.72. The molecule has 58 valence electrons. The molecule has 1 heterocycles. The predicted molar refractivity (Wildman–Crippen MR) is 46.1 cm³/mol. The van der Waals surface area contributed by atoms with Crippen LogP contribution in [0.25, 0.3) is 0 Å². The van der Waals surface area contributed by atoms with Crippen LogP contribution in [0.3, 0.4) is 0 Å². The van der Waals surface area contributed by atoms with Gasteiger partial charge in [0.2, 0.25) is 0 Å². The minimum Gasteiger partial charge on any atom is -0.331 e. The maximum Gasteiger partial charge on any atom is 0.307 e. The van der Waals surface area contributed by atoms with E-state index in [2.05, 4.69) is 30.5 Å². The predicted octanol–water partition coefficient (Wildman–Crippen LogP) is 0.762. The van der Waals surface area contributed by atoms with Gasteiger partial charge in [0.25, 0.3) is 0 Å². The summed E-state index contributed by atoms with van der Waals surface area (Å²) in [4.78, 5) is 4.82. The normalized spacial score (nSPS) is 24.9. The smallest absolute Gasteiger partial charge is 0.307 e. The molecular weight excluding hydrogens is 123 g/mol. The van der Waals surface area contributed by atoms with Crippen molar-refractivity contribution in [2.24, 2.45) is 0 Å². The van der Waals surface area contributed by atoms with Gasteiger partial charge in [0.1, 0.15) is 0 Å². The zero-order valence-corrected chi connectivity index (χ0v) is 7.30. The van der Waals surface area contributed by atoms with Crippen LogP contribution >= 0.6 is 0 Å². The Labute approximate surface area is 64.3 Å². The molecule has 0 unspecified atom stereocenters. The van der Waals surface area contributed by atoms with E-state index in [0.717, 1.165) is 0 Å². The van der Waals surface area contributed by atoms with Crippen LogP contribution in [-0.2, 0) is 0 Å². The van der Waals surface area contributed by atoms with Crippen LogP contribution in [0.4, 0.5) is 0 Å². The molecule has 0 bridgehead atoms. The second-order valence-electron chi connectivity index (χ2n) is 3.30. The Hall–Kier alpha value is -0.0151. The fraction of sp³-hybridized carbons (Fsp3) is 1.00. The molecule has 1 saturated heterocycles. The van der Waals surface area contributed by atoms with Crippen molar-refractivity contribution in [3.63, 3.8) is 0 Å².